The van der Waals surface area contributed by atoms with Gasteiger partial charge in [-0.1, -0.05) is 13.8 Å². The monoisotopic (exact) mass is 301 g/mol. The highest BCUT2D eigenvalue weighted by Crippen LogP contribution is 2.17. The first kappa shape index (κ1) is 19.2. The Kier molecular flexibility index (Phi) is 9.55. The normalized spacial score (nSPS) is 13.9. The minimum Gasteiger partial charge on any atom is -0.347 e. The molecule has 0 spiro atoms. The third kappa shape index (κ3) is 8.35. The lowest BCUT2D eigenvalue weighted by Crippen LogP contribution is -2.41. The predicted molar refractivity (Wildman–Crippen MR) is 83.9 cm³/mol. The third-order valence-electron chi connectivity index (χ3n) is 3.17. The number of thioether (sulfide) groups is 1. The average molecular weight is 301 g/mol. The molecule has 0 unspecified atom stereocenters. The maximum atomic E-state index is 12.3. The van der Waals surface area contributed by atoms with Crippen LogP contribution >= 0.6 is 11.8 Å². The van der Waals surface area contributed by atoms with Crippen molar-refractivity contribution in [2.45, 2.75) is 53.0 Å². The Morgan fingerprint density at radius 3 is 2.15 bits per heavy atom. The summed E-state index contributed by atoms with van der Waals surface area (Å²) in [4.78, 5) is 35.1. The van der Waals surface area contributed by atoms with Gasteiger partial charge in [0.15, 0.2) is 5.78 Å². The molecule has 5 heteroatoms. The Balaban J connectivity index is 4.68. The lowest BCUT2D eigenvalue weighted by Gasteiger charge is -2.21. The van der Waals surface area contributed by atoms with Crippen LogP contribution in [0.2, 0.25) is 0 Å². The number of rotatable bonds is 10. The van der Waals surface area contributed by atoms with Gasteiger partial charge >= 0.3 is 0 Å². The molecular formula is C15H27NO3S. The van der Waals surface area contributed by atoms with Crippen molar-refractivity contribution in [1.29, 1.82) is 0 Å². The van der Waals surface area contributed by atoms with E-state index in [1.807, 2.05) is 20.1 Å². The number of hydrogen-bond acceptors (Lipinski definition) is 4. The Bertz CT molecular complexity index is 342. The molecule has 1 amide bonds. The summed E-state index contributed by atoms with van der Waals surface area (Å²) in [5, 5.41) is 2.71. The number of hydrogen-bond donors (Lipinski definition) is 1. The molecule has 0 heterocycles. The number of carbonyl (C=O) groups excluding carboxylic acids is 3. The molecule has 0 rings (SSSR count). The molecule has 0 aliphatic carbocycles. The molecule has 0 aliphatic rings. The number of Topliss-reactive ketones (excluding diaryl/α,β-unsaturated/α-hetero) is 2. The second-order valence-electron chi connectivity index (χ2n) is 5.64. The van der Waals surface area contributed by atoms with Gasteiger partial charge in [0.2, 0.25) is 5.91 Å². The molecule has 0 aromatic rings. The fraction of sp³-hybridized carbons (Fsp3) is 0.800. The first-order valence-corrected chi connectivity index (χ1v) is 8.46. The highest BCUT2D eigenvalue weighted by Gasteiger charge is 2.25. The quantitative estimate of drug-likeness (QED) is 0.673. The van der Waals surface area contributed by atoms with E-state index in [0.29, 0.717) is 12.3 Å². The molecule has 20 heavy (non-hydrogen) atoms. The number of nitrogens with one attached hydrogen (secondary N) is 1. The molecule has 0 bridgehead atoms. The molecular weight excluding hydrogens is 274 g/mol. The van der Waals surface area contributed by atoms with E-state index in [1.165, 1.54) is 13.8 Å². The highest BCUT2D eigenvalue weighted by atomic mass is 32.2. The molecule has 0 fully saturated rings. The van der Waals surface area contributed by atoms with Gasteiger partial charge in [-0.05, 0) is 37.7 Å². The molecule has 0 radical (unpaired) electrons. The summed E-state index contributed by atoms with van der Waals surface area (Å²) in [7, 11) is 0. The van der Waals surface area contributed by atoms with E-state index < -0.39 is 6.04 Å². The van der Waals surface area contributed by atoms with Crippen LogP contribution in [-0.4, -0.2) is 35.5 Å². The summed E-state index contributed by atoms with van der Waals surface area (Å²) < 4.78 is 0. The highest BCUT2D eigenvalue weighted by molar-refractivity contribution is 7.98. The molecule has 0 aromatic carbocycles. The van der Waals surface area contributed by atoms with E-state index in [2.05, 4.69) is 5.32 Å². The van der Waals surface area contributed by atoms with Gasteiger partial charge in [-0.15, -0.1) is 0 Å². The van der Waals surface area contributed by atoms with E-state index in [-0.39, 0.29) is 29.8 Å². The predicted octanol–water partition coefficient (Wildman–Crippen LogP) is 2.45. The summed E-state index contributed by atoms with van der Waals surface area (Å²) >= 11 is 1.67. The minimum atomic E-state index is -0.469. The standard InChI is InChI=1S/C15H27NO3S/c1-10(2)8-14(16-12(4)18)15(19)9-13(11(3)17)6-7-20-5/h10,13-14H,6-9H2,1-5H3,(H,16,18)/t13-,14+/m1/s1. The molecule has 0 aliphatic heterocycles. The zero-order valence-corrected chi connectivity index (χ0v) is 14.0. The third-order valence-corrected chi connectivity index (χ3v) is 3.81. The van der Waals surface area contributed by atoms with Crippen LogP contribution in [0.1, 0.15) is 47.0 Å². The largest absolute Gasteiger partial charge is 0.347 e. The van der Waals surface area contributed by atoms with Crippen molar-refractivity contribution in [2.75, 3.05) is 12.0 Å². The van der Waals surface area contributed by atoms with Crippen molar-refractivity contribution in [1.82, 2.24) is 5.32 Å². The van der Waals surface area contributed by atoms with Crippen LogP contribution in [0.15, 0.2) is 0 Å². The first-order chi connectivity index (χ1) is 9.27. The Morgan fingerprint density at radius 2 is 1.75 bits per heavy atom. The molecule has 0 saturated carbocycles. The molecule has 2 atom stereocenters. The van der Waals surface area contributed by atoms with Crippen LogP contribution in [0, 0.1) is 11.8 Å². The second-order valence-corrected chi connectivity index (χ2v) is 6.63. The molecule has 1 N–H and O–H groups in total. The molecule has 0 saturated heterocycles. The maximum absolute atomic E-state index is 12.3. The van der Waals surface area contributed by atoms with E-state index in [0.717, 1.165) is 12.2 Å². The van der Waals surface area contributed by atoms with Crippen LogP contribution in [0.3, 0.4) is 0 Å². The van der Waals surface area contributed by atoms with Crippen LogP contribution in [0.4, 0.5) is 0 Å². The van der Waals surface area contributed by atoms with Crippen LogP contribution in [0.25, 0.3) is 0 Å². The van der Waals surface area contributed by atoms with Crippen molar-refractivity contribution in [2.24, 2.45) is 11.8 Å². The number of amides is 1. The zero-order chi connectivity index (χ0) is 15.7. The van der Waals surface area contributed by atoms with Crippen LogP contribution in [-0.2, 0) is 14.4 Å². The van der Waals surface area contributed by atoms with Crippen molar-refractivity contribution < 1.29 is 14.4 Å². The SMILES string of the molecule is CSCC[C@H](CC(=O)[C@H](CC(C)C)NC(C)=O)C(C)=O. The molecule has 116 valence electrons. The van der Waals surface area contributed by atoms with Crippen molar-refractivity contribution in [3.8, 4) is 0 Å². The summed E-state index contributed by atoms with van der Waals surface area (Å²) in [5.74, 6) is 0.782. The Morgan fingerprint density at radius 1 is 1.15 bits per heavy atom. The van der Waals surface area contributed by atoms with E-state index in [9.17, 15) is 14.4 Å². The van der Waals surface area contributed by atoms with Crippen LogP contribution < -0.4 is 5.32 Å². The van der Waals surface area contributed by atoms with Gasteiger partial charge in [-0.2, -0.15) is 11.8 Å². The van der Waals surface area contributed by atoms with Crippen LogP contribution in [0.5, 0.6) is 0 Å². The smallest absolute Gasteiger partial charge is 0.217 e. The van der Waals surface area contributed by atoms with Crippen molar-refractivity contribution in [3.05, 3.63) is 0 Å². The van der Waals surface area contributed by atoms with Gasteiger partial charge in [0.05, 0.1) is 6.04 Å². The first-order valence-electron chi connectivity index (χ1n) is 7.07. The fourth-order valence-corrected chi connectivity index (χ4v) is 2.60. The summed E-state index contributed by atoms with van der Waals surface area (Å²) in [6.45, 7) is 6.97. The zero-order valence-electron chi connectivity index (χ0n) is 13.2. The lowest BCUT2D eigenvalue weighted by atomic mass is 9.90. The van der Waals surface area contributed by atoms with Gasteiger partial charge in [0.1, 0.15) is 5.78 Å². The number of ketones is 2. The summed E-state index contributed by atoms with van der Waals surface area (Å²) in [5.41, 5.74) is 0. The topological polar surface area (TPSA) is 63.2 Å². The Labute approximate surface area is 126 Å². The minimum absolute atomic E-state index is 0.0322. The van der Waals surface area contributed by atoms with Gasteiger partial charge in [0, 0.05) is 19.3 Å². The Hall–Kier alpha value is -0.840. The number of carbonyl (C=O) groups is 3. The van der Waals surface area contributed by atoms with E-state index in [4.69, 9.17) is 0 Å². The van der Waals surface area contributed by atoms with E-state index >= 15 is 0 Å². The van der Waals surface area contributed by atoms with Crippen molar-refractivity contribution in [3.63, 3.8) is 0 Å². The second kappa shape index (κ2) is 9.97. The average Bonchev–Trinajstić information content (AvgIpc) is 2.31. The van der Waals surface area contributed by atoms with Gasteiger partial charge in [-0.3, -0.25) is 14.4 Å². The molecule has 0 aromatic heterocycles. The summed E-state index contributed by atoms with van der Waals surface area (Å²) in [6, 6.07) is -0.469. The molecule has 4 nitrogen and oxygen atoms in total. The fourth-order valence-electron chi connectivity index (χ4n) is 2.08. The summed E-state index contributed by atoms with van der Waals surface area (Å²) in [6.07, 6.45) is 3.55. The lowest BCUT2D eigenvalue weighted by molar-refractivity contribution is -0.130. The van der Waals surface area contributed by atoms with Gasteiger partial charge < -0.3 is 5.32 Å². The van der Waals surface area contributed by atoms with Crippen molar-refractivity contribution >= 4 is 29.2 Å². The maximum Gasteiger partial charge on any atom is 0.217 e. The van der Waals surface area contributed by atoms with Gasteiger partial charge in [0.25, 0.3) is 0 Å². The van der Waals surface area contributed by atoms with E-state index in [1.54, 1.807) is 11.8 Å². The van der Waals surface area contributed by atoms with Gasteiger partial charge in [-0.25, -0.2) is 0 Å².